The SMILES string of the molecule is COc1ccc(C(=O)/C=C/C(=O)NC2CC(NC(=O)C[C@@H]3N=C(c4ccc(Cl)cc4)c4c(sc(C)c4C)-n4c(C)nnc43)C2)c(F)c1. The molecule has 2 amide bonds. The molecule has 0 bridgehead atoms. The van der Waals surface area contributed by atoms with Crippen molar-refractivity contribution in [3.63, 3.8) is 0 Å². The molecule has 1 atom stereocenters. The lowest BCUT2D eigenvalue weighted by Gasteiger charge is -2.36. The number of aromatic nitrogens is 3. The number of halogens is 2. The molecule has 0 unspecified atom stereocenters. The number of hydrogen-bond donors (Lipinski definition) is 2. The first kappa shape index (κ1) is 32.3. The average molecular weight is 675 g/mol. The smallest absolute Gasteiger partial charge is 0.244 e. The number of aliphatic imine (C=N–C) groups is 1. The summed E-state index contributed by atoms with van der Waals surface area (Å²) in [5.41, 5.74) is 3.60. The molecular formula is C34H32ClFN6O4S. The van der Waals surface area contributed by atoms with Crippen molar-refractivity contribution in [2.45, 2.75) is 58.2 Å². The second-order valence-corrected chi connectivity index (χ2v) is 13.2. The lowest BCUT2D eigenvalue weighted by molar-refractivity contribution is -0.123. The molecule has 242 valence electrons. The fraction of sp³-hybridized carbons (Fsp3) is 0.294. The van der Waals surface area contributed by atoms with Crippen LogP contribution in [0.4, 0.5) is 4.39 Å². The number of carbonyl (C=O) groups is 3. The minimum absolute atomic E-state index is 0.0580. The van der Waals surface area contributed by atoms with Crippen molar-refractivity contribution in [3.8, 4) is 10.8 Å². The van der Waals surface area contributed by atoms with Gasteiger partial charge in [-0.05, 0) is 69.5 Å². The molecule has 1 aliphatic heterocycles. The van der Waals surface area contributed by atoms with Gasteiger partial charge in [0.15, 0.2) is 11.6 Å². The predicted molar refractivity (Wildman–Crippen MR) is 177 cm³/mol. The van der Waals surface area contributed by atoms with Crippen LogP contribution in [-0.2, 0) is 9.59 Å². The van der Waals surface area contributed by atoms with Crippen LogP contribution in [0, 0.1) is 26.6 Å². The maximum atomic E-state index is 14.2. The van der Waals surface area contributed by atoms with E-state index in [0.29, 0.717) is 29.5 Å². The monoisotopic (exact) mass is 674 g/mol. The Morgan fingerprint density at radius 3 is 2.47 bits per heavy atom. The molecule has 2 aromatic carbocycles. The highest BCUT2D eigenvalue weighted by molar-refractivity contribution is 7.15. The third-order valence-corrected chi connectivity index (χ3v) is 9.86. The normalized spacial score (nSPS) is 18.4. The first-order valence-electron chi connectivity index (χ1n) is 15.0. The predicted octanol–water partition coefficient (Wildman–Crippen LogP) is 5.54. The molecule has 0 spiro atoms. The van der Waals surface area contributed by atoms with Crippen LogP contribution in [0.25, 0.3) is 5.00 Å². The third-order valence-electron chi connectivity index (χ3n) is 8.41. The molecule has 1 aliphatic carbocycles. The number of methoxy groups -OCH3 is 1. The summed E-state index contributed by atoms with van der Waals surface area (Å²) in [6.07, 6.45) is 3.23. The summed E-state index contributed by atoms with van der Waals surface area (Å²) in [5.74, 6) is -0.437. The molecule has 4 aromatic rings. The summed E-state index contributed by atoms with van der Waals surface area (Å²) in [4.78, 5) is 44.4. The number of nitrogens with one attached hydrogen (secondary N) is 2. The number of carbonyl (C=O) groups excluding carboxylic acids is 3. The zero-order valence-electron chi connectivity index (χ0n) is 26.1. The van der Waals surface area contributed by atoms with Gasteiger partial charge in [0.05, 0.1) is 24.8 Å². The Hall–Kier alpha value is -4.68. The van der Waals surface area contributed by atoms with Gasteiger partial charge in [0.25, 0.3) is 0 Å². The van der Waals surface area contributed by atoms with Crippen molar-refractivity contribution in [1.82, 2.24) is 25.4 Å². The quantitative estimate of drug-likeness (QED) is 0.177. The fourth-order valence-corrected chi connectivity index (χ4v) is 7.10. The summed E-state index contributed by atoms with van der Waals surface area (Å²) >= 11 is 7.84. The highest BCUT2D eigenvalue weighted by atomic mass is 35.5. The molecule has 2 aromatic heterocycles. The van der Waals surface area contributed by atoms with Crippen LogP contribution in [0.5, 0.6) is 5.75 Å². The maximum absolute atomic E-state index is 14.2. The van der Waals surface area contributed by atoms with Gasteiger partial charge in [-0.25, -0.2) is 4.39 Å². The summed E-state index contributed by atoms with van der Waals surface area (Å²) in [5, 5.41) is 16.3. The van der Waals surface area contributed by atoms with E-state index < -0.39 is 23.5 Å². The third kappa shape index (κ3) is 6.61. The van der Waals surface area contributed by atoms with E-state index in [9.17, 15) is 18.8 Å². The molecule has 1 fully saturated rings. The van der Waals surface area contributed by atoms with Gasteiger partial charge in [0.1, 0.15) is 28.4 Å². The number of aryl methyl sites for hydroxylation is 2. The van der Waals surface area contributed by atoms with E-state index in [4.69, 9.17) is 21.3 Å². The van der Waals surface area contributed by atoms with Crippen LogP contribution in [0.15, 0.2) is 59.6 Å². The van der Waals surface area contributed by atoms with Gasteiger partial charge >= 0.3 is 0 Å². The highest BCUT2D eigenvalue weighted by Gasteiger charge is 2.35. The molecule has 2 N–H and O–H groups in total. The number of ketones is 1. The average Bonchev–Trinajstić information content (AvgIpc) is 3.50. The van der Waals surface area contributed by atoms with E-state index in [-0.39, 0.29) is 35.7 Å². The highest BCUT2D eigenvalue weighted by Crippen LogP contribution is 2.39. The van der Waals surface area contributed by atoms with Crippen molar-refractivity contribution >= 4 is 46.2 Å². The molecule has 13 heteroatoms. The topological polar surface area (TPSA) is 128 Å². The summed E-state index contributed by atoms with van der Waals surface area (Å²) < 4.78 is 21.1. The molecule has 6 rings (SSSR count). The van der Waals surface area contributed by atoms with Gasteiger partial charge in [0, 0.05) is 45.3 Å². The number of nitrogens with zero attached hydrogens (tertiary/aromatic N) is 4. The largest absolute Gasteiger partial charge is 0.497 e. The Balaban J connectivity index is 1.10. The number of rotatable bonds is 9. The molecule has 47 heavy (non-hydrogen) atoms. The van der Waals surface area contributed by atoms with Crippen molar-refractivity contribution in [2.75, 3.05) is 7.11 Å². The number of amides is 2. The molecule has 3 heterocycles. The molecular weight excluding hydrogens is 643 g/mol. The first-order chi connectivity index (χ1) is 22.5. The Bertz CT molecular complexity index is 1940. The van der Waals surface area contributed by atoms with Gasteiger partial charge < -0.3 is 15.4 Å². The number of hydrogen-bond acceptors (Lipinski definition) is 8. The van der Waals surface area contributed by atoms with E-state index in [1.807, 2.05) is 35.8 Å². The summed E-state index contributed by atoms with van der Waals surface area (Å²) in [7, 11) is 1.40. The van der Waals surface area contributed by atoms with Crippen LogP contribution in [0.3, 0.4) is 0 Å². The summed E-state index contributed by atoms with van der Waals surface area (Å²) in [6.45, 7) is 6.04. The minimum Gasteiger partial charge on any atom is -0.497 e. The zero-order chi connectivity index (χ0) is 33.4. The molecule has 10 nitrogen and oxygen atoms in total. The second kappa shape index (κ2) is 13.2. The summed E-state index contributed by atoms with van der Waals surface area (Å²) in [6, 6.07) is 10.5. The molecule has 2 aliphatic rings. The van der Waals surface area contributed by atoms with Crippen LogP contribution in [-0.4, -0.2) is 57.3 Å². The van der Waals surface area contributed by atoms with E-state index in [1.165, 1.54) is 19.2 Å². The van der Waals surface area contributed by atoms with Crippen molar-refractivity contribution < 1.29 is 23.5 Å². The van der Waals surface area contributed by atoms with Gasteiger partial charge in [-0.2, -0.15) is 0 Å². The van der Waals surface area contributed by atoms with Gasteiger partial charge in [-0.3, -0.25) is 23.9 Å². The Morgan fingerprint density at radius 2 is 1.77 bits per heavy atom. The fourth-order valence-electron chi connectivity index (χ4n) is 5.76. The lowest BCUT2D eigenvalue weighted by atomic mass is 9.86. The van der Waals surface area contributed by atoms with Crippen LogP contribution < -0.4 is 15.4 Å². The van der Waals surface area contributed by atoms with Gasteiger partial charge in [0.2, 0.25) is 11.8 Å². The maximum Gasteiger partial charge on any atom is 0.244 e. The van der Waals surface area contributed by atoms with Gasteiger partial charge in [-0.15, -0.1) is 21.5 Å². The van der Waals surface area contributed by atoms with Gasteiger partial charge in [-0.1, -0.05) is 23.7 Å². The van der Waals surface area contributed by atoms with E-state index >= 15 is 0 Å². The molecule has 0 saturated heterocycles. The number of allylic oxidation sites excluding steroid dienone is 1. The Morgan fingerprint density at radius 1 is 1.04 bits per heavy atom. The second-order valence-electron chi connectivity index (χ2n) is 11.6. The molecule has 0 radical (unpaired) electrons. The number of benzene rings is 2. The van der Waals surface area contributed by atoms with Crippen molar-refractivity contribution in [1.29, 1.82) is 0 Å². The van der Waals surface area contributed by atoms with Crippen LogP contribution in [0.1, 0.15) is 68.9 Å². The number of ether oxygens (including phenoxy) is 1. The van der Waals surface area contributed by atoms with Crippen molar-refractivity contribution in [2.24, 2.45) is 4.99 Å². The Labute approximate surface area is 279 Å². The van der Waals surface area contributed by atoms with Crippen LogP contribution in [0.2, 0.25) is 5.02 Å². The van der Waals surface area contributed by atoms with Crippen molar-refractivity contribution in [3.05, 3.63) is 104 Å². The van der Waals surface area contributed by atoms with E-state index in [1.54, 1.807) is 11.3 Å². The van der Waals surface area contributed by atoms with Crippen LogP contribution >= 0.6 is 22.9 Å². The van der Waals surface area contributed by atoms with E-state index in [0.717, 1.165) is 50.5 Å². The lowest BCUT2D eigenvalue weighted by Crippen LogP contribution is -2.53. The number of fused-ring (bicyclic) bond motifs is 3. The Kier molecular flexibility index (Phi) is 9.07. The molecule has 1 saturated carbocycles. The standard InChI is InChI=1S/C34H32ClFN6O4S/c1-17-18(2)47-34-31(17)32(20-5-7-21(35)8-6-20)39-27(33-41-40-19(3)42(33)34)16-30(45)38-23-13-22(14-23)37-29(44)12-11-28(43)25-10-9-24(46-4)15-26(25)36/h5-12,15,22-23,27H,13-14,16H2,1-4H3,(H,37,44)(H,38,45)/b12-11+/t22?,23?,27-/m0/s1. The zero-order valence-corrected chi connectivity index (χ0v) is 27.7. The first-order valence-corrected chi connectivity index (χ1v) is 16.2. The van der Waals surface area contributed by atoms with E-state index in [2.05, 4.69) is 34.7 Å². The number of thiophene rings is 1. The minimum atomic E-state index is -0.732.